The number of rotatable bonds is 19. The fourth-order valence-electron chi connectivity index (χ4n) is 20.4. The molecular formula is C138H100N8. The van der Waals surface area contributed by atoms with E-state index in [-0.39, 0.29) is 0 Å². The van der Waals surface area contributed by atoms with E-state index in [1.54, 1.807) is 0 Å². The molecule has 0 spiro atoms. The minimum Gasteiger partial charge on any atom is -0.356 e. The standard InChI is InChI=1S/C42H30N2.C36H26N2.2C30H22N2/c1-3-9-36(10-4-1)43-37-26-23-33(24-27-37)32-17-15-30(16-18-32)31-19-21-34(22-20-31)35-25-28-42-40(29-35)39-13-7-8-14-41(39)44(42)38-11-5-2-6-12-38;1-3-9-30(10-4-1)37-31-22-19-27(20-23-31)26-15-17-28(18-16-26)29-21-24-36-34(25-29)33-13-7-8-14-35(33)38(36)32-11-5-2-6-12-32;1-3-11-23(12-4-1)31-28-17-9-7-15-25(28)22-19-20-30-27(21-22)26-16-8-10-18-29(26)32(30)24-13-5-2-6-14-24;1-3-11-24(12-4-1)31-25-13-9-10-22(20-25)23-18-19-30-28(21-23)27-16-7-8-17-29(27)32(30)26-14-5-2-6-15-26/h1-29,43H;1-25,37H;2*1-21,31H. The molecule has 0 saturated carbocycles. The Balaban J connectivity index is 0.000000105. The molecule has 0 unspecified atom stereocenters. The van der Waals surface area contributed by atoms with Gasteiger partial charge in [0.05, 0.1) is 44.1 Å². The minimum absolute atomic E-state index is 1.08. The van der Waals surface area contributed by atoms with Crippen LogP contribution in [0.2, 0.25) is 0 Å². The van der Waals surface area contributed by atoms with Crippen molar-refractivity contribution in [3.8, 4) is 101 Å². The van der Waals surface area contributed by atoms with Gasteiger partial charge in [-0.25, -0.2) is 0 Å². The Kier molecular flexibility index (Phi) is 24.9. The van der Waals surface area contributed by atoms with Crippen LogP contribution < -0.4 is 21.3 Å². The van der Waals surface area contributed by atoms with E-state index < -0.39 is 0 Å². The maximum absolute atomic E-state index is 3.58. The maximum atomic E-state index is 3.58. The number of fused-ring (bicyclic) bond motifs is 12. The van der Waals surface area contributed by atoms with Crippen molar-refractivity contribution in [1.29, 1.82) is 0 Å². The lowest BCUT2D eigenvalue weighted by atomic mass is 9.97. The van der Waals surface area contributed by atoms with Crippen LogP contribution in [0.25, 0.3) is 188 Å². The van der Waals surface area contributed by atoms with Gasteiger partial charge in [-0.3, -0.25) is 0 Å². The highest BCUT2D eigenvalue weighted by Gasteiger charge is 2.21. The summed E-state index contributed by atoms with van der Waals surface area (Å²) < 4.78 is 9.41. The summed E-state index contributed by atoms with van der Waals surface area (Å²) in [7, 11) is 0. The third-order valence-electron chi connectivity index (χ3n) is 27.5. The summed E-state index contributed by atoms with van der Waals surface area (Å²) in [6.45, 7) is 0. The molecule has 4 aromatic heterocycles. The van der Waals surface area contributed by atoms with E-state index in [0.29, 0.717) is 0 Å². The van der Waals surface area contributed by atoms with E-state index >= 15 is 0 Å². The van der Waals surface area contributed by atoms with Crippen LogP contribution in [0, 0.1) is 0 Å². The summed E-state index contributed by atoms with van der Waals surface area (Å²) in [6.07, 6.45) is 0. The van der Waals surface area contributed by atoms with Crippen LogP contribution in [0.1, 0.15) is 0 Å². The third-order valence-corrected chi connectivity index (χ3v) is 27.5. The molecule has 0 atom stereocenters. The highest BCUT2D eigenvalue weighted by molar-refractivity contribution is 6.14. The lowest BCUT2D eigenvalue weighted by Crippen LogP contribution is -1.94. The summed E-state index contributed by atoms with van der Waals surface area (Å²) >= 11 is 0. The average molecular weight is 1870 g/mol. The number of hydrogen-bond acceptors (Lipinski definition) is 4. The van der Waals surface area contributed by atoms with E-state index in [2.05, 4.69) is 561 Å². The fourth-order valence-corrected chi connectivity index (χ4v) is 20.4. The zero-order valence-electron chi connectivity index (χ0n) is 80.2. The smallest absolute Gasteiger partial charge is 0.0541 e. The number of benzene rings is 23. The maximum Gasteiger partial charge on any atom is 0.0541 e. The summed E-state index contributed by atoms with van der Waals surface area (Å²) in [5.41, 5.74) is 40.1. The molecule has 4 heterocycles. The quantitative estimate of drug-likeness (QED) is 0.0651. The summed E-state index contributed by atoms with van der Waals surface area (Å²) in [5.74, 6) is 0. The molecule has 23 aromatic carbocycles. The molecule has 0 aliphatic rings. The molecule has 0 amide bonds. The van der Waals surface area contributed by atoms with E-state index in [9.17, 15) is 0 Å². The lowest BCUT2D eigenvalue weighted by Gasteiger charge is -2.13. The van der Waals surface area contributed by atoms with Gasteiger partial charge in [-0.1, -0.05) is 370 Å². The molecular weight excluding hydrogens is 1770 g/mol. The van der Waals surface area contributed by atoms with Crippen molar-refractivity contribution < 1.29 is 0 Å². The van der Waals surface area contributed by atoms with Gasteiger partial charge >= 0.3 is 0 Å². The molecule has 0 aliphatic heterocycles. The Morgan fingerprint density at radius 2 is 0.308 bits per heavy atom. The zero-order valence-corrected chi connectivity index (χ0v) is 80.2. The first kappa shape index (κ1) is 89.1. The summed E-state index contributed by atoms with van der Waals surface area (Å²) in [4.78, 5) is 0. The number of para-hydroxylation sites is 13. The Hall–Kier alpha value is -19.5. The number of nitrogens with one attached hydrogen (secondary N) is 4. The molecule has 0 saturated heterocycles. The number of nitrogens with zero attached hydrogens (tertiary/aromatic N) is 4. The van der Waals surface area contributed by atoms with E-state index in [4.69, 9.17) is 0 Å². The van der Waals surface area contributed by atoms with Gasteiger partial charge in [0.15, 0.2) is 0 Å². The largest absolute Gasteiger partial charge is 0.356 e. The van der Waals surface area contributed by atoms with Gasteiger partial charge in [0.2, 0.25) is 0 Å². The molecule has 8 nitrogen and oxygen atoms in total. The van der Waals surface area contributed by atoms with Crippen molar-refractivity contribution in [2.45, 2.75) is 0 Å². The Morgan fingerprint density at radius 1 is 0.110 bits per heavy atom. The monoisotopic (exact) mass is 1870 g/mol. The first-order chi connectivity index (χ1) is 72.4. The molecule has 146 heavy (non-hydrogen) atoms. The predicted octanol–water partition coefficient (Wildman–Crippen LogP) is 37.8. The van der Waals surface area contributed by atoms with Crippen molar-refractivity contribution in [3.63, 3.8) is 0 Å². The first-order valence-electron chi connectivity index (χ1n) is 49.7. The van der Waals surface area contributed by atoms with E-state index in [0.717, 1.165) is 45.5 Å². The van der Waals surface area contributed by atoms with Gasteiger partial charge in [0, 0.05) is 117 Å². The van der Waals surface area contributed by atoms with Gasteiger partial charge in [0.25, 0.3) is 0 Å². The lowest BCUT2D eigenvalue weighted by molar-refractivity contribution is 1.18. The summed E-state index contributed by atoms with van der Waals surface area (Å²) in [6, 6.07) is 206. The Labute approximate surface area is 849 Å². The van der Waals surface area contributed by atoms with Crippen molar-refractivity contribution >= 4 is 133 Å². The number of aromatic nitrogens is 4. The van der Waals surface area contributed by atoms with Gasteiger partial charge in [0.1, 0.15) is 0 Å². The van der Waals surface area contributed by atoms with Crippen LogP contribution in [0.15, 0.2) is 582 Å². The van der Waals surface area contributed by atoms with Crippen LogP contribution in [-0.4, -0.2) is 18.3 Å². The molecule has 27 aromatic rings. The topological polar surface area (TPSA) is 67.8 Å². The molecule has 4 N–H and O–H groups in total. The van der Waals surface area contributed by atoms with E-state index in [1.807, 2.05) is 60.7 Å². The van der Waals surface area contributed by atoms with Gasteiger partial charge in [-0.2, -0.15) is 0 Å². The van der Waals surface area contributed by atoms with Crippen molar-refractivity contribution in [3.05, 3.63) is 582 Å². The van der Waals surface area contributed by atoms with Gasteiger partial charge in [-0.15, -0.1) is 0 Å². The van der Waals surface area contributed by atoms with Crippen molar-refractivity contribution in [2.75, 3.05) is 21.3 Å². The molecule has 0 radical (unpaired) electrons. The number of anilines is 8. The highest BCUT2D eigenvalue weighted by Crippen LogP contribution is 2.44. The van der Waals surface area contributed by atoms with Gasteiger partial charge in [-0.05, 0) is 285 Å². The Morgan fingerprint density at radius 3 is 0.623 bits per heavy atom. The van der Waals surface area contributed by atoms with E-state index in [1.165, 1.54) is 188 Å². The Bertz CT molecular complexity index is 9250. The van der Waals surface area contributed by atoms with Crippen LogP contribution in [-0.2, 0) is 0 Å². The summed E-state index contributed by atoms with van der Waals surface area (Å²) in [5, 5.41) is 24.1. The second-order valence-electron chi connectivity index (χ2n) is 36.7. The molecule has 27 rings (SSSR count). The van der Waals surface area contributed by atoms with Crippen LogP contribution in [0.4, 0.5) is 45.5 Å². The van der Waals surface area contributed by atoms with Crippen LogP contribution in [0.3, 0.4) is 0 Å². The molecule has 692 valence electrons. The second-order valence-corrected chi connectivity index (χ2v) is 36.7. The molecule has 0 aliphatic carbocycles. The highest BCUT2D eigenvalue weighted by atomic mass is 15.0. The number of hydrogen-bond donors (Lipinski definition) is 4. The minimum atomic E-state index is 1.08. The SMILES string of the molecule is c1ccc(Nc2ccc(-c3ccc(-c4ccc(-c5ccc6c(c5)c5ccccc5n6-c5ccccc5)cc4)cc3)cc2)cc1.c1ccc(Nc2ccc(-c3ccc(-c4ccc5c(c4)c4ccccc4n5-c4ccccc4)cc3)cc2)cc1.c1ccc(Nc2cccc(-c3ccc4c(c3)c3ccccc3n4-c3ccccc3)c2)cc1.c1ccc(Nc2ccccc2-c2ccc3c(c2)c2ccccc2n3-c2ccccc2)cc1. The van der Waals surface area contributed by atoms with Crippen LogP contribution in [0.5, 0.6) is 0 Å². The van der Waals surface area contributed by atoms with Gasteiger partial charge < -0.3 is 39.5 Å². The van der Waals surface area contributed by atoms with Crippen molar-refractivity contribution in [1.82, 2.24) is 18.3 Å². The molecule has 0 fully saturated rings. The first-order valence-corrected chi connectivity index (χ1v) is 49.7. The zero-order chi connectivity index (χ0) is 97.3. The normalized spacial score (nSPS) is 11.2. The third kappa shape index (κ3) is 18.6. The fraction of sp³-hybridized carbons (Fsp3) is 0. The second kappa shape index (κ2) is 40.7. The van der Waals surface area contributed by atoms with Crippen molar-refractivity contribution in [2.24, 2.45) is 0 Å². The predicted molar refractivity (Wildman–Crippen MR) is 620 cm³/mol. The van der Waals surface area contributed by atoms with Crippen LogP contribution >= 0.6 is 0 Å². The average Bonchev–Trinajstić information content (AvgIpc) is 1.60. The molecule has 8 heteroatoms. The molecule has 0 bridgehead atoms.